The summed E-state index contributed by atoms with van der Waals surface area (Å²) in [5, 5.41) is 6.77. The zero-order valence-corrected chi connectivity index (χ0v) is 17.9. The van der Waals surface area contributed by atoms with Crippen molar-refractivity contribution in [3.8, 4) is 0 Å². The van der Waals surface area contributed by atoms with Crippen LogP contribution in [0.4, 0.5) is 0 Å². The van der Waals surface area contributed by atoms with Crippen molar-refractivity contribution in [1.29, 1.82) is 0 Å². The Kier molecular flexibility index (Phi) is 10.5. The van der Waals surface area contributed by atoms with Gasteiger partial charge in [0.05, 0.1) is 11.9 Å². The molecule has 0 aromatic carbocycles. The normalized spacial score (nSPS) is 18.9. The maximum atomic E-state index is 12.1. The van der Waals surface area contributed by atoms with Crippen molar-refractivity contribution in [2.24, 2.45) is 10.9 Å². The van der Waals surface area contributed by atoms with Gasteiger partial charge >= 0.3 is 0 Å². The zero-order valence-electron chi connectivity index (χ0n) is 17.1. The number of ether oxygens (including phenoxy) is 1. The van der Waals surface area contributed by atoms with Crippen molar-refractivity contribution < 1.29 is 13.2 Å². The van der Waals surface area contributed by atoms with E-state index in [-0.39, 0.29) is 17.9 Å². The second-order valence-corrected chi connectivity index (χ2v) is 9.25. The number of hydrogen-bond acceptors (Lipinski definition) is 4. The van der Waals surface area contributed by atoms with E-state index >= 15 is 0 Å². The summed E-state index contributed by atoms with van der Waals surface area (Å²) in [4.78, 5) is 4.29. The highest BCUT2D eigenvalue weighted by molar-refractivity contribution is 7.89. The summed E-state index contributed by atoms with van der Waals surface area (Å²) < 4.78 is 31.7. The number of guanidine groups is 1. The molecule has 1 aliphatic rings. The topological polar surface area (TPSA) is 83.0 Å². The van der Waals surface area contributed by atoms with Crippen molar-refractivity contribution in [2.75, 3.05) is 39.0 Å². The van der Waals surface area contributed by atoms with Crippen LogP contribution >= 0.6 is 0 Å². The molecule has 2 N–H and O–H groups in total. The molecule has 26 heavy (non-hydrogen) atoms. The Hall–Kier alpha value is -0.860. The lowest BCUT2D eigenvalue weighted by Crippen LogP contribution is -2.50. The maximum Gasteiger partial charge on any atom is 0.214 e. The highest BCUT2D eigenvalue weighted by Gasteiger charge is 2.27. The Morgan fingerprint density at radius 1 is 1.27 bits per heavy atom. The number of sulfonamides is 1. The first-order chi connectivity index (χ1) is 12.3. The molecule has 0 bridgehead atoms. The monoisotopic (exact) mass is 390 g/mol. The fourth-order valence-electron chi connectivity index (χ4n) is 3.21. The molecule has 0 amide bonds. The lowest BCUT2D eigenvalue weighted by molar-refractivity contribution is 0.0258. The number of nitrogens with one attached hydrogen (secondary N) is 2. The summed E-state index contributed by atoms with van der Waals surface area (Å²) in [6, 6.07) is 0.252. The maximum absolute atomic E-state index is 12.1. The third-order valence-electron chi connectivity index (χ3n) is 4.72. The standard InChI is InChI=1S/C18H38N4O3S/c1-6-14-26(23,24)22-12-9-16(10-13-22)21-18(19-5)20-11-8-17(15(3)4)25-7-2/h15-17H,6-14H2,1-5H3,(H2,19,20,21). The van der Waals surface area contributed by atoms with Crippen LogP contribution in [0.25, 0.3) is 0 Å². The van der Waals surface area contributed by atoms with E-state index in [1.165, 1.54) is 0 Å². The van der Waals surface area contributed by atoms with Gasteiger partial charge in [-0.3, -0.25) is 4.99 Å². The molecule has 0 saturated carbocycles. The van der Waals surface area contributed by atoms with Gasteiger partial charge in [0.25, 0.3) is 0 Å². The number of piperidine rings is 1. The first-order valence-electron chi connectivity index (χ1n) is 9.90. The van der Waals surface area contributed by atoms with Gasteiger partial charge in [-0.25, -0.2) is 12.7 Å². The van der Waals surface area contributed by atoms with Crippen LogP contribution in [0.3, 0.4) is 0 Å². The molecule has 1 saturated heterocycles. The van der Waals surface area contributed by atoms with Crippen LogP contribution in [-0.2, 0) is 14.8 Å². The molecule has 1 atom stereocenters. The van der Waals surface area contributed by atoms with E-state index in [2.05, 4.69) is 29.5 Å². The minimum atomic E-state index is -3.08. The quantitative estimate of drug-likeness (QED) is 0.439. The van der Waals surface area contributed by atoms with Gasteiger partial charge in [-0.2, -0.15) is 0 Å². The third kappa shape index (κ3) is 7.80. The second-order valence-electron chi connectivity index (χ2n) is 7.16. The Morgan fingerprint density at radius 3 is 2.42 bits per heavy atom. The predicted octanol–water partition coefficient (Wildman–Crippen LogP) is 1.81. The van der Waals surface area contributed by atoms with Gasteiger partial charge in [-0.1, -0.05) is 20.8 Å². The van der Waals surface area contributed by atoms with E-state index in [9.17, 15) is 8.42 Å². The van der Waals surface area contributed by atoms with E-state index < -0.39 is 10.0 Å². The van der Waals surface area contributed by atoms with Gasteiger partial charge in [-0.05, 0) is 38.5 Å². The van der Waals surface area contributed by atoms with E-state index in [0.29, 0.717) is 25.4 Å². The Labute approximate surface area is 160 Å². The van der Waals surface area contributed by atoms with Gasteiger partial charge in [0.15, 0.2) is 5.96 Å². The molecule has 7 nitrogen and oxygen atoms in total. The average Bonchev–Trinajstić information content (AvgIpc) is 2.60. The lowest BCUT2D eigenvalue weighted by Gasteiger charge is -2.32. The van der Waals surface area contributed by atoms with E-state index in [1.807, 2.05) is 13.8 Å². The molecule has 1 fully saturated rings. The summed E-state index contributed by atoms with van der Waals surface area (Å²) in [5.74, 6) is 1.51. The van der Waals surface area contributed by atoms with Gasteiger partial charge in [0.2, 0.25) is 10.0 Å². The minimum absolute atomic E-state index is 0.241. The highest BCUT2D eigenvalue weighted by atomic mass is 32.2. The van der Waals surface area contributed by atoms with Gasteiger partial charge in [0.1, 0.15) is 0 Å². The highest BCUT2D eigenvalue weighted by Crippen LogP contribution is 2.15. The molecular formula is C18H38N4O3S. The summed E-state index contributed by atoms with van der Waals surface area (Å²) in [6.07, 6.45) is 3.45. The number of nitrogens with zero attached hydrogens (tertiary/aromatic N) is 2. The van der Waals surface area contributed by atoms with Crippen LogP contribution < -0.4 is 10.6 Å². The second kappa shape index (κ2) is 11.8. The molecule has 0 aromatic rings. The molecule has 0 aliphatic carbocycles. The molecule has 154 valence electrons. The van der Waals surface area contributed by atoms with Crippen molar-refractivity contribution >= 4 is 16.0 Å². The molecule has 1 unspecified atom stereocenters. The molecule has 1 heterocycles. The van der Waals surface area contributed by atoms with Crippen molar-refractivity contribution in [2.45, 2.75) is 65.5 Å². The van der Waals surface area contributed by atoms with Crippen LogP contribution in [0.5, 0.6) is 0 Å². The molecular weight excluding hydrogens is 352 g/mol. The van der Waals surface area contributed by atoms with Crippen molar-refractivity contribution in [1.82, 2.24) is 14.9 Å². The lowest BCUT2D eigenvalue weighted by atomic mass is 10.0. The minimum Gasteiger partial charge on any atom is -0.378 e. The van der Waals surface area contributed by atoms with Gasteiger partial charge < -0.3 is 15.4 Å². The Morgan fingerprint density at radius 2 is 1.92 bits per heavy atom. The van der Waals surface area contributed by atoms with Crippen LogP contribution in [-0.4, -0.2) is 69.9 Å². The van der Waals surface area contributed by atoms with E-state index in [1.54, 1.807) is 11.4 Å². The van der Waals surface area contributed by atoms with Crippen molar-refractivity contribution in [3.05, 3.63) is 0 Å². The third-order valence-corrected chi connectivity index (χ3v) is 6.80. The average molecular weight is 391 g/mol. The Bertz CT molecular complexity index is 515. The molecule has 8 heteroatoms. The van der Waals surface area contributed by atoms with Gasteiger partial charge in [0, 0.05) is 39.3 Å². The molecule has 1 aliphatic heterocycles. The van der Waals surface area contributed by atoms with Crippen LogP contribution in [0, 0.1) is 5.92 Å². The molecule has 1 rings (SSSR count). The van der Waals surface area contributed by atoms with Gasteiger partial charge in [-0.15, -0.1) is 0 Å². The van der Waals surface area contributed by atoms with Crippen LogP contribution in [0.2, 0.25) is 0 Å². The SMILES string of the molecule is CCCS(=O)(=O)N1CCC(NC(=NC)NCCC(OCC)C(C)C)CC1. The number of hydrogen-bond donors (Lipinski definition) is 2. The first kappa shape index (κ1) is 23.2. The molecule has 0 radical (unpaired) electrons. The first-order valence-corrected chi connectivity index (χ1v) is 11.5. The van der Waals surface area contributed by atoms with Crippen LogP contribution in [0.15, 0.2) is 4.99 Å². The summed E-state index contributed by atoms with van der Waals surface area (Å²) in [5.41, 5.74) is 0. The van der Waals surface area contributed by atoms with Crippen molar-refractivity contribution in [3.63, 3.8) is 0 Å². The van der Waals surface area contributed by atoms with Crippen LogP contribution in [0.1, 0.15) is 53.4 Å². The molecule has 0 spiro atoms. The summed E-state index contributed by atoms with van der Waals surface area (Å²) in [6.45, 7) is 11.0. The molecule has 0 aromatic heterocycles. The number of aliphatic imine (C=N–C) groups is 1. The summed E-state index contributed by atoms with van der Waals surface area (Å²) >= 11 is 0. The fourth-order valence-corrected chi connectivity index (χ4v) is 4.75. The van der Waals surface area contributed by atoms with E-state index in [0.717, 1.165) is 38.4 Å². The summed E-state index contributed by atoms with van der Waals surface area (Å²) in [7, 11) is -1.32. The largest absolute Gasteiger partial charge is 0.378 e. The smallest absolute Gasteiger partial charge is 0.214 e. The Balaban J connectivity index is 2.39. The number of rotatable bonds is 10. The predicted molar refractivity (Wildman–Crippen MR) is 108 cm³/mol. The fraction of sp³-hybridized carbons (Fsp3) is 0.944. The zero-order chi connectivity index (χ0) is 19.6. The van der Waals surface area contributed by atoms with E-state index in [4.69, 9.17) is 4.74 Å².